The molecule has 0 fully saturated rings. The van der Waals surface area contributed by atoms with Crippen molar-refractivity contribution in [3.8, 4) is 5.75 Å². The first kappa shape index (κ1) is 21.0. The second kappa shape index (κ2) is 9.21. The molecule has 1 aliphatic heterocycles. The number of fused-ring (bicyclic) bond motifs is 1. The van der Waals surface area contributed by atoms with Gasteiger partial charge in [0.2, 0.25) is 5.91 Å². The molecule has 1 heterocycles. The van der Waals surface area contributed by atoms with Crippen molar-refractivity contribution in [2.24, 2.45) is 0 Å². The molecular formula is C20H22ClN3O5. The molecule has 0 spiro atoms. The van der Waals surface area contributed by atoms with Crippen LogP contribution in [0, 0.1) is 17.0 Å². The average Bonchev–Trinajstić information content (AvgIpc) is 2.70. The Kier molecular flexibility index (Phi) is 6.68. The minimum Gasteiger partial charge on any atom is -0.467 e. The van der Waals surface area contributed by atoms with Gasteiger partial charge in [-0.3, -0.25) is 19.8 Å². The molecule has 0 saturated heterocycles. The summed E-state index contributed by atoms with van der Waals surface area (Å²) in [6, 6.07) is 8.26. The Morgan fingerprint density at radius 2 is 2.14 bits per heavy atom. The predicted octanol–water partition coefficient (Wildman–Crippen LogP) is 3.88. The first-order valence-electron chi connectivity index (χ1n) is 9.16. The zero-order valence-corrected chi connectivity index (χ0v) is 17.0. The standard InChI is InChI=1S/C20H22ClN3O5/c1-3-23(10-19(25)22-18-8-16(21)5-4-13(18)2)9-14-6-17(24(26)27)7-15-11-28-12-29-20(14)15/h4-8H,3,9-12H2,1-2H3,(H,22,25). The molecule has 0 aliphatic carbocycles. The molecule has 0 bridgehead atoms. The number of hydrogen-bond acceptors (Lipinski definition) is 6. The van der Waals surface area contributed by atoms with E-state index < -0.39 is 4.92 Å². The van der Waals surface area contributed by atoms with Crippen LogP contribution in [0.5, 0.6) is 5.75 Å². The van der Waals surface area contributed by atoms with E-state index in [-0.39, 0.29) is 31.5 Å². The van der Waals surface area contributed by atoms with Crippen LogP contribution in [0.25, 0.3) is 0 Å². The molecule has 2 aromatic carbocycles. The maximum Gasteiger partial charge on any atom is 0.270 e. The van der Waals surface area contributed by atoms with E-state index in [9.17, 15) is 14.9 Å². The summed E-state index contributed by atoms with van der Waals surface area (Å²) >= 11 is 6.01. The van der Waals surface area contributed by atoms with E-state index in [4.69, 9.17) is 21.1 Å². The van der Waals surface area contributed by atoms with E-state index in [0.29, 0.717) is 40.7 Å². The van der Waals surface area contributed by atoms with Gasteiger partial charge in [0.25, 0.3) is 5.69 Å². The van der Waals surface area contributed by atoms with E-state index in [0.717, 1.165) is 5.56 Å². The molecule has 0 atom stereocenters. The largest absolute Gasteiger partial charge is 0.467 e. The predicted molar refractivity (Wildman–Crippen MR) is 109 cm³/mol. The van der Waals surface area contributed by atoms with Gasteiger partial charge in [-0.1, -0.05) is 24.6 Å². The number of nitrogens with one attached hydrogen (secondary N) is 1. The molecule has 0 saturated carbocycles. The Morgan fingerprint density at radius 3 is 2.86 bits per heavy atom. The smallest absolute Gasteiger partial charge is 0.270 e. The number of ether oxygens (including phenoxy) is 2. The quantitative estimate of drug-likeness (QED) is 0.540. The first-order valence-corrected chi connectivity index (χ1v) is 9.54. The van der Waals surface area contributed by atoms with E-state index >= 15 is 0 Å². The first-order chi connectivity index (χ1) is 13.9. The van der Waals surface area contributed by atoms with Crippen LogP contribution in [0.4, 0.5) is 11.4 Å². The summed E-state index contributed by atoms with van der Waals surface area (Å²) in [6.07, 6.45) is 0. The number of aryl methyl sites for hydroxylation is 1. The highest BCUT2D eigenvalue weighted by Crippen LogP contribution is 2.33. The number of halogens is 1. The van der Waals surface area contributed by atoms with Crippen LogP contribution < -0.4 is 10.1 Å². The molecule has 0 radical (unpaired) electrons. The highest BCUT2D eigenvalue weighted by Gasteiger charge is 2.22. The van der Waals surface area contributed by atoms with Crippen molar-refractivity contribution in [1.29, 1.82) is 0 Å². The SMILES string of the molecule is CCN(CC(=O)Nc1cc(Cl)ccc1C)Cc1cc([N+](=O)[O-])cc2c1OCOC2. The molecule has 154 valence electrons. The molecule has 2 aromatic rings. The summed E-state index contributed by atoms with van der Waals surface area (Å²) in [7, 11) is 0. The van der Waals surface area contributed by atoms with E-state index in [2.05, 4.69) is 5.32 Å². The molecule has 0 aromatic heterocycles. The van der Waals surface area contributed by atoms with Gasteiger partial charge in [-0.15, -0.1) is 0 Å². The third-order valence-corrected chi connectivity index (χ3v) is 4.90. The number of carbonyl (C=O) groups is 1. The second-order valence-electron chi connectivity index (χ2n) is 6.77. The lowest BCUT2D eigenvalue weighted by atomic mass is 10.1. The molecule has 9 heteroatoms. The number of rotatable bonds is 7. The molecule has 8 nitrogen and oxygen atoms in total. The minimum atomic E-state index is -0.441. The number of carbonyl (C=O) groups excluding carboxylic acids is 1. The molecular weight excluding hydrogens is 398 g/mol. The minimum absolute atomic E-state index is 0.0251. The third-order valence-electron chi connectivity index (χ3n) is 4.66. The van der Waals surface area contributed by atoms with Gasteiger partial charge < -0.3 is 14.8 Å². The van der Waals surface area contributed by atoms with Crippen molar-refractivity contribution >= 4 is 28.9 Å². The van der Waals surface area contributed by atoms with Gasteiger partial charge in [-0.25, -0.2) is 0 Å². The van der Waals surface area contributed by atoms with Crippen LogP contribution >= 0.6 is 11.6 Å². The van der Waals surface area contributed by atoms with Gasteiger partial charge >= 0.3 is 0 Å². The number of anilines is 1. The van der Waals surface area contributed by atoms with Gasteiger partial charge in [0.1, 0.15) is 5.75 Å². The van der Waals surface area contributed by atoms with Crippen LogP contribution in [-0.4, -0.2) is 35.6 Å². The van der Waals surface area contributed by atoms with Crippen molar-refractivity contribution in [2.45, 2.75) is 27.0 Å². The number of nitro groups is 1. The summed E-state index contributed by atoms with van der Waals surface area (Å²) in [5, 5.41) is 14.7. The Morgan fingerprint density at radius 1 is 1.34 bits per heavy atom. The number of likely N-dealkylation sites (N-methyl/N-ethyl adjacent to an activating group) is 1. The summed E-state index contributed by atoms with van der Waals surface area (Å²) in [5.74, 6) is 0.396. The Bertz CT molecular complexity index is 935. The summed E-state index contributed by atoms with van der Waals surface area (Å²) in [6.45, 7) is 5.20. The topological polar surface area (TPSA) is 93.9 Å². The van der Waals surface area contributed by atoms with Crippen molar-refractivity contribution in [3.63, 3.8) is 0 Å². The normalized spacial score (nSPS) is 13.0. The Hall–Kier alpha value is -2.68. The molecule has 1 amide bonds. The average molecular weight is 420 g/mol. The fourth-order valence-electron chi connectivity index (χ4n) is 3.15. The van der Waals surface area contributed by atoms with E-state index in [1.165, 1.54) is 12.1 Å². The zero-order valence-electron chi connectivity index (χ0n) is 16.2. The lowest BCUT2D eigenvalue weighted by Gasteiger charge is -2.25. The van der Waals surface area contributed by atoms with Crippen LogP contribution in [-0.2, 0) is 22.7 Å². The van der Waals surface area contributed by atoms with Crippen molar-refractivity contribution < 1.29 is 19.2 Å². The molecule has 0 unspecified atom stereocenters. The molecule has 3 rings (SSSR count). The summed E-state index contributed by atoms with van der Waals surface area (Å²) < 4.78 is 10.8. The highest BCUT2D eigenvalue weighted by molar-refractivity contribution is 6.31. The fourth-order valence-corrected chi connectivity index (χ4v) is 3.32. The van der Waals surface area contributed by atoms with Gasteiger partial charge in [-0.05, 0) is 31.2 Å². The summed E-state index contributed by atoms with van der Waals surface area (Å²) in [4.78, 5) is 25.3. The zero-order chi connectivity index (χ0) is 21.0. The maximum atomic E-state index is 12.5. The second-order valence-corrected chi connectivity index (χ2v) is 7.21. The fraction of sp³-hybridized carbons (Fsp3) is 0.350. The van der Waals surface area contributed by atoms with Crippen LogP contribution in [0.15, 0.2) is 30.3 Å². The third kappa shape index (κ3) is 5.23. The molecule has 1 aliphatic rings. The van der Waals surface area contributed by atoms with E-state index in [1.807, 2.05) is 24.8 Å². The van der Waals surface area contributed by atoms with Gasteiger partial charge in [-0.2, -0.15) is 0 Å². The van der Waals surface area contributed by atoms with E-state index in [1.54, 1.807) is 12.1 Å². The Balaban J connectivity index is 1.76. The number of hydrogen-bond donors (Lipinski definition) is 1. The lowest BCUT2D eigenvalue weighted by Crippen LogP contribution is -2.33. The molecule has 1 N–H and O–H groups in total. The number of nitro benzene ring substituents is 1. The van der Waals surface area contributed by atoms with Crippen molar-refractivity contribution in [2.75, 3.05) is 25.2 Å². The van der Waals surface area contributed by atoms with Gasteiger partial charge in [0, 0.05) is 40.5 Å². The van der Waals surface area contributed by atoms with Crippen LogP contribution in [0.3, 0.4) is 0 Å². The number of nitrogens with zero attached hydrogens (tertiary/aromatic N) is 2. The maximum absolute atomic E-state index is 12.5. The number of benzene rings is 2. The number of amides is 1. The van der Waals surface area contributed by atoms with Crippen molar-refractivity contribution in [3.05, 3.63) is 62.2 Å². The van der Waals surface area contributed by atoms with Crippen molar-refractivity contribution in [1.82, 2.24) is 4.90 Å². The Labute approximate surface area is 173 Å². The lowest BCUT2D eigenvalue weighted by molar-refractivity contribution is -0.385. The van der Waals surface area contributed by atoms with Crippen LogP contribution in [0.1, 0.15) is 23.6 Å². The van der Waals surface area contributed by atoms with Gasteiger partial charge in [0.05, 0.1) is 18.1 Å². The number of non-ortho nitro benzene ring substituents is 1. The monoisotopic (exact) mass is 419 g/mol. The van der Waals surface area contributed by atoms with Crippen LogP contribution in [0.2, 0.25) is 5.02 Å². The van der Waals surface area contributed by atoms with Gasteiger partial charge in [0.15, 0.2) is 6.79 Å². The molecule has 29 heavy (non-hydrogen) atoms. The summed E-state index contributed by atoms with van der Waals surface area (Å²) in [5.41, 5.74) is 2.84. The highest BCUT2D eigenvalue weighted by atomic mass is 35.5.